The van der Waals surface area contributed by atoms with Gasteiger partial charge in [0.05, 0.1) is 5.69 Å². The number of carbonyl (C=O) groups excluding carboxylic acids is 1. The van der Waals surface area contributed by atoms with Crippen LogP contribution >= 0.6 is 0 Å². The SMILES string of the molecule is O=C(Nc1ccc(F)c(F)c1F)c1ccc(N2CCC(Cc3ccccc3)CC2)nn1. The number of nitrogens with one attached hydrogen (secondary N) is 1. The minimum absolute atomic E-state index is 0.0492. The van der Waals surface area contributed by atoms with Gasteiger partial charge >= 0.3 is 0 Å². The number of halogens is 3. The molecular weight excluding hydrogens is 405 g/mol. The molecular formula is C23H21F3N4O. The van der Waals surface area contributed by atoms with E-state index in [1.165, 1.54) is 11.6 Å². The van der Waals surface area contributed by atoms with Gasteiger partial charge in [-0.15, -0.1) is 10.2 Å². The Hall–Kier alpha value is -3.42. The number of nitrogens with zero attached hydrogens (tertiary/aromatic N) is 3. The van der Waals surface area contributed by atoms with Crippen LogP contribution in [0.25, 0.3) is 0 Å². The van der Waals surface area contributed by atoms with E-state index in [1.54, 1.807) is 6.07 Å². The predicted octanol–water partition coefficient (Wildman–Crippen LogP) is 4.61. The molecule has 0 radical (unpaired) electrons. The molecule has 1 fully saturated rings. The zero-order valence-corrected chi connectivity index (χ0v) is 16.7. The molecule has 2 heterocycles. The van der Waals surface area contributed by atoms with Crippen molar-refractivity contribution in [2.75, 3.05) is 23.3 Å². The molecule has 1 aromatic heterocycles. The monoisotopic (exact) mass is 426 g/mol. The number of hydrogen-bond donors (Lipinski definition) is 1. The number of carbonyl (C=O) groups is 1. The van der Waals surface area contributed by atoms with E-state index < -0.39 is 29.0 Å². The molecule has 0 spiro atoms. The second kappa shape index (κ2) is 9.16. The third-order valence-electron chi connectivity index (χ3n) is 5.47. The molecule has 4 rings (SSSR count). The quantitative estimate of drug-likeness (QED) is 0.606. The third kappa shape index (κ3) is 4.84. The third-order valence-corrected chi connectivity index (χ3v) is 5.47. The number of benzene rings is 2. The summed E-state index contributed by atoms with van der Waals surface area (Å²) >= 11 is 0. The maximum atomic E-state index is 13.7. The second-order valence-corrected chi connectivity index (χ2v) is 7.57. The highest BCUT2D eigenvalue weighted by Crippen LogP contribution is 2.25. The molecule has 1 aliphatic rings. The average Bonchev–Trinajstić information content (AvgIpc) is 2.81. The molecule has 160 valence electrons. The number of aromatic nitrogens is 2. The van der Waals surface area contributed by atoms with Crippen LogP contribution in [0.15, 0.2) is 54.6 Å². The van der Waals surface area contributed by atoms with Crippen molar-refractivity contribution in [3.05, 3.63) is 83.3 Å². The molecule has 3 aromatic rings. The van der Waals surface area contributed by atoms with E-state index in [2.05, 4.69) is 44.7 Å². The summed E-state index contributed by atoms with van der Waals surface area (Å²) in [5.41, 5.74) is 0.829. The van der Waals surface area contributed by atoms with E-state index in [-0.39, 0.29) is 5.69 Å². The molecule has 0 unspecified atom stereocenters. The number of piperidine rings is 1. The van der Waals surface area contributed by atoms with Crippen LogP contribution in [0.3, 0.4) is 0 Å². The summed E-state index contributed by atoms with van der Waals surface area (Å²) in [5, 5.41) is 10.2. The molecule has 1 N–H and O–H groups in total. The average molecular weight is 426 g/mol. The summed E-state index contributed by atoms with van der Waals surface area (Å²) < 4.78 is 40.1. The Kier molecular flexibility index (Phi) is 6.16. The van der Waals surface area contributed by atoms with Gasteiger partial charge in [-0.2, -0.15) is 0 Å². The summed E-state index contributed by atoms with van der Waals surface area (Å²) in [7, 11) is 0. The molecule has 1 aliphatic heterocycles. The largest absolute Gasteiger partial charge is 0.355 e. The first kappa shape index (κ1) is 20.8. The highest BCUT2D eigenvalue weighted by molar-refractivity contribution is 6.02. The lowest BCUT2D eigenvalue weighted by atomic mass is 9.90. The normalized spacial score (nSPS) is 14.5. The number of hydrogen-bond acceptors (Lipinski definition) is 4. The van der Waals surface area contributed by atoms with Crippen LogP contribution in [-0.4, -0.2) is 29.2 Å². The van der Waals surface area contributed by atoms with Crippen LogP contribution in [0.4, 0.5) is 24.7 Å². The van der Waals surface area contributed by atoms with Crippen molar-refractivity contribution >= 4 is 17.4 Å². The molecule has 8 heteroatoms. The zero-order valence-electron chi connectivity index (χ0n) is 16.7. The van der Waals surface area contributed by atoms with Gasteiger partial charge in [-0.25, -0.2) is 13.2 Å². The Labute approximate surface area is 177 Å². The first-order valence-electron chi connectivity index (χ1n) is 10.1. The highest BCUT2D eigenvalue weighted by Gasteiger charge is 2.22. The molecule has 0 atom stereocenters. The Balaban J connectivity index is 1.34. The van der Waals surface area contributed by atoms with E-state index >= 15 is 0 Å². The standard InChI is InChI=1S/C23H21F3N4O/c24-17-6-7-18(22(26)21(17)25)27-23(31)19-8-9-20(29-28-19)30-12-10-16(11-13-30)14-15-4-2-1-3-5-15/h1-9,16H,10-14H2,(H,27,31). The maximum absolute atomic E-state index is 13.7. The van der Waals surface area contributed by atoms with E-state index in [1.807, 2.05) is 6.07 Å². The highest BCUT2D eigenvalue weighted by atomic mass is 19.2. The van der Waals surface area contributed by atoms with E-state index in [9.17, 15) is 18.0 Å². The van der Waals surface area contributed by atoms with Gasteiger partial charge in [0, 0.05) is 13.1 Å². The van der Waals surface area contributed by atoms with Crippen LogP contribution in [0.2, 0.25) is 0 Å². The lowest BCUT2D eigenvalue weighted by Crippen LogP contribution is -2.35. The fraction of sp³-hybridized carbons (Fsp3) is 0.261. The summed E-state index contributed by atoms with van der Waals surface area (Å²) in [6.45, 7) is 1.69. The summed E-state index contributed by atoms with van der Waals surface area (Å²) in [6.07, 6.45) is 3.13. The smallest absolute Gasteiger partial charge is 0.276 e. The summed E-state index contributed by atoms with van der Waals surface area (Å²) in [5.74, 6) is -3.92. The van der Waals surface area contributed by atoms with Gasteiger partial charge < -0.3 is 10.2 Å². The van der Waals surface area contributed by atoms with E-state index in [4.69, 9.17) is 0 Å². The van der Waals surface area contributed by atoms with Gasteiger partial charge in [0.2, 0.25) is 0 Å². The molecule has 1 saturated heterocycles. The molecule has 5 nitrogen and oxygen atoms in total. The zero-order chi connectivity index (χ0) is 21.8. The lowest BCUT2D eigenvalue weighted by Gasteiger charge is -2.32. The number of anilines is 2. The van der Waals surface area contributed by atoms with Crippen LogP contribution in [-0.2, 0) is 6.42 Å². The van der Waals surface area contributed by atoms with Crippen molar-refractivity contribution in [2.45, 2.75) is 19.3 Å². The summed E-state index contributed by atoms with van der Waals surface area (Å²) in [6, 6.07) is 15.3. The Morgan fingerprint density at radius 1 is 0.935 bits per heavy atom. The van der Waals surface area contributed by atoms with Crippen molar-refractivity contribution in [2.24, 2.45) is 5.92 Å². The van der Waals surface area contributed by atoms with Gasteiger partial charge in [0.1, 0.15) is 0 Å². The van der Waals surface area contributed by atoms with Crippen molar-refractivity contribution in [3.63, 3.8) is 0 Å². The van der Waals surface area contributed by atoms with Crippen molar-refractivity contribution in [1.82, 2.24) is 10.2 Å². The van der Waals surface area contributed by atoms with Crippen molar-refractivity contribution in [1.29, 1.82) is 0 Å². The minimum Gasteiger partial charge on any atom is -0.355 e. The summed E-state index contributed by atoms with van der Waals surface area (Å²) in [4.78, 5) is 14.4. The van der Waals surface area contributed by atoms with Crippen LogP contribution in [0, 0.1) is 23.4 Å². The number of rotatable bonds is 5. The topological polar surface area (TPSA) is 58.1 Å². The van der Waals surface area contributed by atoms with Gasteiger partial charge in [-0.05, 0) is 55.0 Å². The molecule has 2 aromatic carbocycles. The molecule has 1 amide bonds. The second-order valence-electron chi connectivity index (χ2n) is 7.57. The first-order valence-corrected chi connectivity index (χ1v) is 10.1. The molecule has 31 heavy (non-hydrogen) atoms. The molecule has 0 saturated carbocycles. The Morgan fingerprint density at radius 3 is 2.35 bits per heavy atom. The van der Waals surface area contributed by atoms with Gasteiger partial charge in [-0.3, -0.25) is 4.79 Å². The predicted molar refractivity (Wildman–Crippen MR) is 111 cm³/mol. The fourth-order valence-electron chi connectivity index (χ4n) is 3.74. The van der Waals surface area contributed by atoms with Gasteiger partial charge in [0.15, 0.2) is 29.0 Å². The van der Waals surface area contributed by atoms with Crippen molar-refractivity contribution in [3.8, 4) is 0 Å². The van der Waals surface area contributed by atoms with Gasteiger partial charge in [0.25, 0.3) is 5.91 Å². The Bertz CT molecular complexity index is 1050. The minimum atomic E-state index is -1.64. The molecule has 0 aliphatic carbocycles. The maximum Gasteiger partial charge on any atom is 0.276 e. The fourth-order valence-corrected chi connectivity index (χ4v) is 3.74. The van der Waals surface area contributed by atoms with Gasteiger partial charge in [-0.1, -0.05) is 30.3 Å². The Morgan fingerprint density at radius 2 is 1.68 bits per heavy atom. The van der Waals surface area contributed by atoms with Crippen molar-refractivity contribution < 1.29 is 18.0 Å². The lowest BCUT2D eigenvalue weighted by molar-refractivity contribution is 0.102. The van der Waals surface area contributed by atoms with Crippen LogP contribution < -0.4 is 10.2 Å². The first-order chi connectivity index (χ1) is 15.0. The van der Waals surface area contributed by atoms with E-state index in [0.717, 1.165) is 44.5 Å². The van der Waals surface area contributed by atoms with Crippen LogP contribution in [0.5, 0.6) is 0 Å². The van der Waals surface area contributed by atoms with E-state index in [0.29, 0.717) is 11.7 Å². The van der Waals surface area contributed by atoms with Crippen LogP contribution in [0.1, 0.15) is 28.9 Å². The molecule has 0 bridgehead atoms. The number of amides is 1.